The molecule has 0 aromatic heterocycles. The van der Waals surface area contributed by atoms with Crippen LogP contribution in [0.5, 0.6) is 0 Å². The number of halogens is 1. The van der Waals surface area contributed by atoms with Crippen molar-refractivity contribution < 1.29 is 14.4 Å². The molecular formula is C13H13ClN2O3. The number of carbonyl (C=O) groups excluding carboxylic acids is 3. The number of carbonyl (C=O) groups is 3. The normalized spacial score (nSPS) is 23.5. The van der Waals surface area contributed by atoms with Gasteiger partial charge in [-0.05, 0) is 12.0 Å². The average Bonchev–Trinajstić information content (AvgIpc) is 2.42. The number of alkyl halides is 1. The number of hydrogen-bond acceptors (Lipinski definition) is 3. The summed E-state index contributed by atoms with van der Waals surface area (Å²) in [6.07, 6.45) is 0.123. The van der Waals surface area contributed by atoms with Crippen molar-refractivity contribution in [3.63, 3.8) is 0 Å². The highest BCUT2D eigenvalue weighted by atomic mass is 35.5. The topological polar surface area (TPSA) is 66.5 Å². The molecule has 1 saturated heterocycles. The maximum Gasteiger partial charge on any atom is 0.331 e. The quantitative estimate of drug-likeness (QED) is 0.676. The third-order valence-corrected chi connectivity index (χ3v) is 3.68. The summed E-state index contributed by atoms with van der Waals surface area (Å²) in [6.45, 7) is 1.72. The Labute approximate surface area is 115 Å². The van der Waals surface area contributed by atoms with Crippen molar-refractivity contribution in [2.24, 2.45) is 0 Å². The largest absolute Gasteiger partial charge is 0.331 e. The van der Waals surface area contributed by atoms with Crippen molar-refractivity contribution >= 4 is 29.4 Å². The molecule has 1 heterocycles. The molecule has 19 heavy (non-hydrogen) atoms. The zero-order chi connectivity index (χ0) is 14.0. The van der Waals surface area contributed by atoms with E-state index in [1.807, 2.05) is 6.07 Å². The molecule has 0 saturated carbocycles. The van der Waals surface area contributed by atoms with Gasteiger partial charge in [0, 0.05) is 0 Å². The highest BCUT2D eigenvalue weighted by molar-refractivity contribution is 6.49. The Kier molecular flexibility index (Phi) is 3.57. The van der Waals surface area contributed by atoms with Gasteiger partial charge in [-0.1, -0.05) is 48.9 Å². The van der Waals surface area contributed by atoms with Crippen molar-refractivity contribution in [2.45, 2.75) is 24.8 Å². The van der Waals surface area contributed by atoms with Crippen molar-refractivity contribution in [1.29, 1.82) is 0 Å². The van der Waals surface area contributed by atoms with Gasteiger partial charge >= 0.3 is 6.03 Å². The third-order valence-electron chi connectivity index (χ3n) is 3.08. The van der Waals surface area contributed by atoms with Crippen molar-refractivity contribution in [1.82, 2.24) is 10.2 Å². The summed E-state index contributed by atoms with van der Waals surface area (Å²) in [4.78, 5) is 34.9. The molecular weight excluding hydrogens is 268 g/mol. The van der Waals surface area contributed by atoms with Gasteiger partial charge < -0.3 is 0 Å². The number of hydrogen-bond donors (Lipinski definition) is 1. The molecule has 0 bridgehead atoms. The molecule has 4 amide bonds. The van der Waals surface area contributed by atoms with Crippen LogP contribution < -0.4 is 5.32 Å². The number of nitrogens with zero attached hydrogens (tertiary/aromatic N) is 1. The van der Waals surface area contributed by atoms with Crippen LogP contribution in [0.2, 0.25) is 0 Å². The molecule has 100 valence electrons. The van der Waals surface area contributed by atoms with Gasteiger partial charge in [0.15, 0.2) is 0 Å². The van der Waals surface area contributed by atoms with Gasteiger partial charge in [0.2, 0.25) is 4.87 Å². The first-order valence-corrected chi connectivity index (χ1v) is 6.27. The summed E-state index contributed by atoms with van der Waals surface area (Å²) in [7, 11) is 0. The second kappa shape index (κ2) is 5.01. The summed E-state index contributed by atoms with van der Waals surface area (Å²) < 4.78 is 0. The van der Waals surface area contributed by atoms with E-state index in [1.165, 1.54) is 0 Å². The molecule has 1 fully saturated rings. The zero-order valence-electron chi connectivity index (χ0n) is 10.4. The molecule has 6 heteroatoms. The van der Waals surface area contributed by atoms with Crippen LogP contribution in [0.1, 0.15) is 18.9 Å². The first-order valence-electron chi connectivity index (χ1n) is 5.89. The predicted octanol–water partition coefficient (Wildman–Crippen LogP) is 1.65. The monoisotopic (exact) mass is 280 g/mol. The van der Waals surface area contributed by atoms with E-state index in [-0.39, 0.29) is 13.0 Å². The second-order valence-electron chi connectivity index (χ2n) is 4.29. The molecule has 1 atom stereocenters. The van der Waals surface area contributed by atoms with Crippen LogP contribution in [0.15, 0.2) is 30.3 Å². The molecule has 1 unspecified atom stereocenters. The Morgan fingerprint density at radius 3 is 2.42 bits per heavy atom. The number of imide groups is 2. The number of rotatable bonds is 3. The molecule has 0 aliphatic carbocycles. The lowest BCUT2D eigenvalue weighted by molar-refractivity contribution is -0.141. The molecule has 1 aromatic rings. The van der Waals surface area contributed by atoms with Crippen LogP contribution in [0.3, 0.4) is 0 Å². The van der Waals surface area contributed by atoms with Crippen LogP contribution >= 0.6 is 11.6 Å². The molecule has 2 rings (SSSR count). The Morgan fingerprint density at radius 1 is 1.21 bits per heavy atom. The van der Waals surface area contributed by atoms with Gasteiger partial charge in [0.05, 0.1) is 6.54 Å². The Bertz CT molecular complexity index is 532. The number of amides is 4. The predicted molar refractivity (Wildman–Crippen MR) is 69.4 cm³/mol. The van der Waals surface area contributed by atoms with Crippen LogP contribution in [0.25, 0.3) is 0 Å². The van der Waals surface area contributed by atoms with Crippen molar-refractivity contribution in [2.75, 3.05) is 0 Å². The lowest BCUT2D eigenvalue weighted by Gasteiger charge is -2.34. The van der Waals surface area contributed by atoms with Crippen LogP contribution in [-0.4, -0.2) is 27.6 Å². The molecule has 1 N–H and O–H groups in total. The highest BCUT2D eigenvalue weighted by Gasteiger charge is 2.51. The van der Waals surface area contributed by atoms with Crippen LogP contribution in [0, 0.1) is 0 Å². The van der Waals surface area contributed by atoms with Gasteiger partial charge in [-0.3, -0.25) is 19.8 Å². The van der Waals surface area contributed by atoms with E-state index in [0.29, 0.717) is 0 Å². The number of nitrogens with one attached hydrogen (secondary N) is 1. The van der Waals surface area contributed by atoms with Crippen LogP contribution in [0.4, 0.5) is 4.79 Å². The molecule has 0 spiro atoms. The third kappa shape index (κ3) is 2.33. The summed E-state index contributed by atoms with van der Waals surface area (Å²) in [5, 5.41) is 2.12. The van der Waals surface area contributed by atoms with Gasteiger partial charge in [-0.25, -0.2) is 4.79 Å². The minimum absolute atomic E-state index is 0.0905. The summed E-state index contributed by atoms with van der Waals surface area (Å²) in [6, 6.07) is 8.30. The Morgan fingerprint density at radius 2 is 1.84 bits per heavy atom. The first kappa shape index (κ1) is 13.5. The molecule has 5 nitrogen and oxygen atoms in total. The molecule has 1 aliphatic rings. The lowest BCUT2D eigenvalue weighted by Crippen LogP contribution is -2.64. The van der Waals surface area contributed by atoms with Gasteiger partial charge in [-0.15, -0.1) is 0 Å². The Balaban J connectivity index is 2.27. The number of urea groups is 1. The lowest BCUT2D eigenvalue weighted by atomic mass is 10.0. The summed E-state index contributed by atoms with van der Waals surface area (Å²) in [5.74, 6) is -1.43. The van der Waals surface area contributed by atoms with E-state index in [0.717, 1.165) is 10.5 Å². The fourth-order valence-electron chi connectivity index (χ4n) is 1.89. The molecule has 1 aromatic carbocycles. The fraction of sp³-hybridized carbons (Fsp3) is 0.308. The molecule has 1 aliphatic heterocycles. The van der Waals surface area contributed by atoms with Gasteiger partial charge in [-0.2, -0.15) is 0 Å². The summed E-state index contributed by atoms with van der Waals surface area (Å²) >= 11 is 6.03. The Hall–Kier alpha value is -1.88. The standard InChI is InChI=1S/C13H13ClN2O3/c1-2-13(14)10(17)15-12(19)16(11(13)18)8-9-6-4-3-5-7-9/h3-7H,2,8H2,1H3,(H,15,17,19). The minimum atomic E-state index is -1.69. The van der Waals surface area contributed by atoms with E-state index in [2.05, 4.69) is 5.32 Å². The van der Waals surface area contributed by atoms with E-state index in [4.69, 9.17) is 11.6 Å². The van der Waals surface area contributed by atoms with Crippen LogP contribution in [-0.2, 0) is 16.1 Å². The number of benzene rings is 1. The average molecular weight is 281 g/mol. The minimum Gasteiger partial charge on any atom is -0.276 e. The van der Waals surface area contributed by atoms with Gasteiger partial charge in [0.1, 0.15) is 0 Å². The highest BCUT2D eigenvalue weighted by Crippen LogP contribution is 2.27. The van der Waals surface area contributed by atoms with E-state index < -0.39 is 22.7 Å². The maximum atomic E-state index is 12.2. The fourth-order valence-corrected chi connectivity index (χ4v) is 2.04. The second-order valence-corrected chi connectivity index (χ2v) is 4.94. The van der Waals surface area contributed by atoms with E-state index in [1.54, 1.807) is 31.2 Å². The SMILES string of the molecule is CCC1(Cl)C(=O)NC(=O)N(Cc2ccccc2)C1=O. The maximum absolute atomic E-state index is 12.2. The van der Waals surface area contributed by atoms with Gasteiger partial charge in [0.25, 0.3) is 11.8 Å². The van der Waals surface area contributed by atoms with E-state index >= 15 is 0 Å². The number of barbiturate groups is 1. The first-order chi connectivity index (χ1) is 8.99. The van der Waals surface area contributed by atoms with Crippen molar-refractivity contribution in [3.05, 3.63) is 35.9 Å². The zero-order valence-corrected chi connectivity index (χ0v) is 11.1. The summed E-state index contributed by atoms with van der Waals surface area (Å²) in [5.41, 5.74) is 0.787. The van der Waals surface area contributed by atoms with Crippen molar-refractivity contribution in [3.8, 4) is 0 Å². The van der Waals surface area contributed by atoms with E-state index in [9.17, 15) is 14.4 Å². The molecule has 0 radical (unpaired) electrons. The smallest absolute Gasteiger partial charge is 0.276 e.